The van der Waals surface area contributed by atoms with Crippen molar-refractivity contribution < 1.29 is 9.53 Å². The molecule has 0 fully saturated rings. The molecule has 0 atom stereocenters. The monoisotopic (exact) mass is 433 g/mol. The molecule has 1 aliphatic rings. The number of aryl methyl sites for hydroxylation is 3. The van der Waals surface area contributed by atoms with Gasteiger partial charge in [-0.2, -0.15) is 5.10 Å². The van der Waals surface area contributed by atoms with E-state index in [2.05, 4.69) is 21.1 Å². The van der Waals surface area contributed by atoms with Crippen molar-refractivity contribution in [2.75, 3.05) is 17.8 Å². The van der Waals surface area contributed by atoms with Gasteiger partial charge in [-0.3, -0.25) is 14.4 Å². The fourth-order valence-corrected chi connectivity index (χ4v) is 4.28. The van der Waals surface area contributed by atoms with Crippen molar-refractivity contribution in [3.05, 3.63) is 77.5 Å². The first-order valence-corrected chi connectivity index (χ1v) is 10.8. The number of hydrogen-bond donors (Lipinski definition) is 0. The van der Waals surface area contributed by atoms with E-state index in [1.807, 2.05) is 56.3 Å². The van der Waals surface area contributed by atoms with Crippen LogP contribution in [0.3, 0.4) is 0 Å². The molecule has 1 aromatic heterocycles. The number of carbonyl (C=O) groups excluding carboxylic acids is 1. The van der Waals surface area contributed by atoms with E-state index in [0.29, 0.717) is 23.2 Å². The van der Waals surface area contributed by atoms with Crippen LogP contribution in [0.4, 0.5) is 5.69 Å². The Hall–Kier alpha value is -3.39. The molecular formula is C23H23N5O2S. The average Bonchev–Trinajstić information content (AvgIpc) is 3.36. The van der Waals surface area contributed by atoms with Crippen LogP contribution >= 0.6 is 11.8 Å². The summed E-state index contributed by atoms with van der Waals surface area (Å²) in [5.74, 6) is 1.35. The number of hydrogen-bond acceptors (Lipinski definition) is 6. The van der Waals surface area contributed by atoms with Crippen molar-refractivity contribution in [2.45, 2.75) is 20.4 Å². The molecule has 1 amide bonds. The van der Waals surface area contributed by atoms with Gasteiger partial charge < -0.3 is 4.74 Å². The molecule has 0 aliphatic carbocycles. The molecule has 0 saturated heterocycles. The normalized spacial score (nSPS) is 14.9. The van der Waals surface area contributed by atoms with Crippen molar-refractivity contribution in [1.82, 2.24) is 14.8 Å². The van der Waals surface area contributed by atoms with Gasteiger partial charge in [-0.15, -0.1) is 0 Å². The third-order valence-corrected chi connectivity index (χ3v) is 5.65. The summed E-state index contributed by atoms with van der Waals surface area (Å²) in [6, 6.07) is 13.7. The number of ether oxygens (including phenoxy) is 1. The molecule has 0 bridgehead atoms. The van der Waals surface area contributed by atoms with Crippen LogP contribution in [-0.2, 0) is 11.3 Å². The molecule has 4 rings (SSSR count). The highest BCUT2D eigenvalue weighted by Crippen LogP contribution is 2.31. The molecule has 0 radical (unpaired) electrons. The van der Waals surface area contributed by atoms with E-state index in [1.165, 1.54) is 18.1 Å². The van der Waals surface area contributed by atoms with E-state index in [4.69, 9.17) is 4.74 Å². The Morgan fingerprint density at radius 1 is 1.10 bits per heavy atom. The summed E-state index contributed by atoms with van der Waals surface area (Å²) in [5.41, 5.74) is 4.33. The summed E-state index contributed by atoms with van der Waals surface area (Å²) in [6.45, 7) is 4.73. The number of carbonyl (C=O) groups is 1. The topological polar surface area (TPSA) is 72.6 Å². The van der Waals surface area contributed by atoms with E-state index in [9.17, 15) is 4.79 Å². The maximum atomic E-state index is 13.3. The SMILES string of the molecule is COc1ccc(C=C2N=C(SCCn3cncn3)N(c3cc(C)cc(C)c3)C2=O)cc1. The number of thioether (sulfide) groups is 1. The highest BCUT2D eigenvalue weighted by Gasteiger charge is 2.32. The van der Waals surface area contributed by atoms with Crippen LogP contribution in [-0.4, -0.2) is 38.7 Å². The maximum Gasteiger partial charge on any atom is 0.283 e. The highest BCUT2D eigenvalue weighted by atomic mass is 32.2. The predicted molar refractivity (Wildman–Crippen MR) is 124 cm³/mol. The van der Waals surface area contributed by atoms with Gasteiger partial charge in [-0.1, -0.05) is 30.0 Å². The molecule has 7 nitrogen and oxygen atoms in total. The van der Waals surface area contributed by atoms with Crippen LogP contribution in [0.2, 0.25) is 0 Å². The van der Waals surface area contributed by atoms with E-state index < -0.39 is 0 Å². The van der Waals surface area contributed by atoms with Crippen molar-refractivity contribution in [1.29, 1.82) is 0 Å². The van der Waals surface area contributed by atoms with Crippen LogP contribution in [0, 0.1) is 13.8 Å². The summed E-state index contributed by atoms with van der Waals surface area (Å²) in [6.07, 6.45) is 5.00. The first kappa shape index (κ1) is 20.9. The minimum atomic E-state index is -0.135. The number of amidine groups is 1. The molecular weight excluding hydrogens is 410 g/mol. The lowest BCUT2D eigenvalue weighted by Crippen LogP contribution is -2.30. The first-order valence-electron chi connectivity index (χ1n) is 9.86. The Morgan fingerprint density at radius 3 is 2.48 bits per heavy atom. The zero-order valence-electron chi connectivity index (χ0n) is 17.6. The van der Waals surface area contributed by atoms with Gasteiger partial charge in [0.1, 0.15) is 24.1 Å². The van der Waals surface area contributed by atoms with E-state index in [0.717, 1.165) is 28.1 Å². The Balaban J connectivity index is 1.63. The fraction of sp³-hybridized carbons (Fsp3) is 0.217. The Bertz CT molecular complexity index is 1120. The van der Waals surface area contributed by atoms with Crippen LogP contribution in [0.15, 0.2) is 65.8 Å². The molecule has 2 heterocycles. The van der Waals surface area contributed by atoms with Gasteiger partial charge in [-0.25, -0.2) is 9.98 Å². The summed E-state index contributed by atoms with van der Waals surface area (Å²) in [7, 11) is 1.63. The zero-order chi connectivity index (χ0) is 21.8. The summed E-state index contributed by atoms with van der Waals surface area (Å²) in [5, 5.41) is 4.79. The number of methoxy groups -OCH3 is 1. The quantitative estimate of drug-likeness (QED) is 0.548. The number of amides is 1. The number of benzene rings is 2. The molecule has 0 saturated carbocycles. The van der Waals surface area contributed by atoms with Gasteiger partial charge in [0.15, 0.2) is 5.17 Å². The number of rotatable bonds is 6. The second-order valence-corrected chi connectivity index (χ2v) is 8.25. The van der Waals surface area contributed by atoms with Crippen LogP contribution in [0.5, 0.6) is 5.75 Å². The third-order valence-electron chi connectivity index (χ3n) is 4.73. The minimum absolute atomic E-state index is 0.135. The Labute approximate surface area is 185 Å². The lowest BCUT2D eigenvalue weighted by molar-refractivity contribution is -0.113. The van der Waals surface area contributed by atoms with Crippen molar-refractivity contribution >= 4 is 34.6 Å². The largest absolute Gasteiger partial charge is 0.497 e. The number of nitrogens with zero attached hydrogens (tertiary/aromatic N) is 5. The van der Waals surface area contributed by atoms with Crippen LogP contribution in [0.1, 0.15) is 16.7 Å². The molecule has 31 heavy (non-hydrogen) atoms. The molecule has 3 aromatic rings. The second-order valence-electron chi connectivity index (χ2n) is 7.19. The van der Waals surface area contributed by atoms with Gasteiger partial charge in [-0.05, 0) is 60.9 Å². The van der Waals surface area contributed by atoms with Crippen molar-refractivity contribution in [3.8, 4) is 5.75 Å². The number of aliphatic imine (C=N–C) groups is 1. The van der Waals surface area contributed by atoms with Gasteiger partial charge in [0.2, 0.25) is 0 Å². The van der Waals surface area contributed by atoms with Crippen molar-refractivity contribution in [2.24, 2.45) is 4.99 Å². The molecule has 2 aromatic carbocycles. The van der Waals surface area contributed by atoms with E-state index >= 15 is 0 Å². The van der Waals surface area contributed by atoms with Gasteiger partial charge in [0.25, 0.3) is 5.91 Å². The van der Waals surface area contributed by atoms with E-state index in [1.54, 1.807) is 23.0 Å². The smallest absolute Gasteiger partial charge is 0.283 e. The molecule has 0 unspecified atom stereocenters. The predicted octanol–water partition coefficient (Wildman–Crippen LogP) is 4.08. The van der Waals surface area contributed by atoms with Gasteiger partial charge in [0, 0.05) is 5.75 Å². The Morgan fingerprint density at radius 2 is 1.84 bits per heavy atom. The fourth-order valence-electron chi connectivity index (χ4n) is 3.34. The molecule has 8 heteroatoms. The highest BCUT2D eigenvalue weighted by molar-refractivity contribution is 8.14. The van der Waals surface area contributed by atoms with E-state index in [-0.39, 0.29) is 5.91 Å². The van der Waals surface area contributed by atoms with Gasteiger partial charge in [0.05, 0.1) is 19.3 Å². The summed E-state index contributed by atoms with van der Waals surface area (Å²) >= 11 is 1.53. The maximum absolute atomic E-state index is 13.3. The average molecular weight is 434 g/mol. The van der Waals surface area contributed by atoms with Crippen molar-refractivity contribution in [3.63, 3.8) is 0 Å². The van der Waals surface area contributed by atoms with Gasteiger partial charge >= 0.3 is 0 Å². The third kappa shape index (κ3) is 4.86. The molecule has 0 spiro atoms. The van der Waals surface area contributed by atoms with Crippen LogP contribution in [0.25, 0.3) is 6.08 Å². The summed E-state index contributed by atoms with van der Waals surface area (Å²) < 4.78 is 6.97. The number of anilines is 1. The molecule has 158 valence electrons. The lowest BCUT2D eigenvalue weighted by atomic mass is 10.1. The first-order chi connectivity index (χ1) is 15.0. The number of aromatic nitrogens is 3. The van der Waals surface area contributed by atoms with Crippen LogP contribution < -0.4 is 9.64 Å². The Kier molecular flexibility index (Phi) is 6.18. The zero-order valence-corrected chi connectivity index (χ0v) is 18.5. The standard InChI is InChI=1S/C23H23N5O2S/c1-16-10-17(2)12-19(11-16)28-22(29)21(13-18-4-6-20(30-3)7-5-18)26-23(28)31-9-8-27-15-24-14-25-27/h4-7,10-15H,8-9H2,1-3H3. The molecule has 0 N–H and O–H groups in total. The minimum Gasteiger partial charge on any atom is -0.497 e. The molecule has 1 aliphatic heterocycles. The lowest BCUT2D eigenvalue weighted by Gasteiger charge is -2.19. The second kappa shape index (κ2) is 9.18. The summed E-state index contributed by atoms with van der Waals surface area (Å²) in [4.78, 5) is 23.7.